The van der Waals surface area contributed by atoms with Crippen molar-refractivity contribution in [1.82, 2.24) is 9.97 Å². The molecule has 0 spiro atoms. The number of nitrogens with one attached hydrogen (secondary N) is 2. The predicted molar refractivity (Wildman–Crippen MR) is 69.1 cm³/mol. The lowest BCUT2D eigenvalue weighted by molar-refractivity contribution is 0.0996. The van der Waals surface area contributed by atoms with Gasteiger partial charge in [-0.1, -0.05) is 0 Å². The maximum atomic E-state index is 9.96. The lowest BCUT2D eigenvalue weighted by atomic mass is 10.1. The quantitative estimate of drug-likeness (QED) is 0.692. The fraction of sp³-hybridized carbons (Fsp3) is 0.600. The molecule has 1 aromatic rings. The zero-order valence-electron chi connectivity index (χ0n) is 9.82. The molecule has 0 aliphatic heterocycles. The molecule has 0 aliphatic rings. The normalized spacial score (nSPS) is 14.2. The molecule has 1 heterocycles. The van der Waals surface area contributed by atoms with Crippen molar-refractivity contribution >= 4 is 23.4 Å². The van der Waals surface area contributed by atoms with Gasteiger partial charge in [-0.2, -0.15) is 11.8 Å². The van der Waals surface area contributed by atoms with E-state index in [1.165, 1.54) is 6.33 Å². The molecule has 1 unspecified atom stereocenters. The Labute approximate surface area is 100 Å². The highest BCUT2D eigenvalue weighted by molar-refractivity contribution is 7.98. The Kier molecular flexibility index (Phi) is 4.82. The number of nitrogens with zero attached hydrogens (tertiary/aromatic N) is 2. The molecule has 0 radical (unpaired) electrons. The summed E-state index contributed by atoms with van der Waals surface area (Å²) < 4.78 is 0. The highest BCUT2D eigenvalue weighted by atomic mass is 32.2. The highest BCUT2D eigenvalue weighted by Crippen LogP contribution is 2.13. The van der Waals surface area contributed by atoms with E-state index in [2.05, 4.69) is 20.6 Å². The summed E-state index contributed by atoms with van der Waals surface area (Å²) >= 11 is 1.62. The van der Waals surface area contributed by atoms with Gasteiger partial charge in [-0.05, 0) is 13.2 Å². The number of hydrogen-bond donors (Lipinski definition) is 3. The second-order valence-corrected chi connectivity index (χ2v) is 4.69. The SMILES string of the molecule is CNc1cc(NCC(C)(O)CSC)ncn1. The lowest BCUT2D eigenvalue weighted by Gasteiger charge is -2.22. The third kappa shape index (κ3) is 4.24. The van der Waals surface area contributed by atoms with Crippen molar-refractivity contribution in [3.63, 3.8) is 0 Å². The van der Waals surface area contributed by atoms with Crippen LogP contribution in [0, 0.1) is 0 Å². The van der Waals surface area contributed by atoms with Crippen LogP contribution in [0.4, 0.5) is 11.6 Å². The number of thioether (sulfide) groups is 1. The summed E-state index contributed by atoms with van der Waals surface area (Å²) in [6.07, 6.45) is 3.45. The van der Waals surface area contributed by atoms with E-state index in [9.17, 15) is 5.11 Å². The van der Waals surface area contributed by atoms with Crippen molar-refractivity contribution < 1.29 is 5.11 Å². The molecule has 1 atom stereocenters. The van der Waals surface area contributed by atoms with Gasteiger partial charge < -0.3 is 15.7 Å². The fourth-order valence-electron chi connectivity index (χ4n) is 1.23. The minimum Gasteiger partial charge on any atom is -0.387 e. The van der Waals surface area contributed by atoms with Crippen LogP contribution in [0.15, 0.2) is 12.4 Å². The summed E-state index contributed by atoms with van der Waals surface area (Å²) in [5.41, 5.74) is -0.732. The van der Waals surface area contributed by atoms with E-state index in [4.69, 9.17) is 0 Å². The molecule has 16 heavy (non-hydrogen) atoms. The van der Waals surface area contributed by atoms with Crippen molar-refractivity contribution in [3.8, 4) is 0 Å². The number of rotatable bonds is 6. The van der Waals surface area contributed by atoms with E-state index in [-0.39, 0.29) is 0 Å². The predicted octanol–water partition coefficient (Wildman–Crippen LogP) is 1.04. The van der Waals surface area contributed by atoms with E-state index in [0.29, 0.717) is 18.1 Å². The van der Waals surface area contributed by atoms with Gasteiger partial charge in [0.25, 0.3) is 0 Å². The van der Waals surface area contributed by atoms with Gasteiger partial charge in [0.15, 0.2) is 0 Å². The van der Waals surface area contributed by atoms with E-state index >= 15 is 0 Å². The first-order chi connectivity index (χ1) is 7.57. The second-order valence-electron chi connectivity index (χ2n) is 3.82. The summed E-state index contributed by atoms with van der Waals surface area (Å²) in [7, 11) is 1.80. The summed E-state index contributed by atoms with van der Waals surface area (Å²) in [5.74, 6) is 2.15. The molecule has 5 nitrogen and oxygen atoms in total. The average molecular weight is 242 g/mol. The van der Waals surface area contributed by atoms with Gasteiger partial charge in [-0.25, -0.2) is 9.97 Å². The summed E-state index contributed by atoms with van der Waals surface area (Å²) in [4.78, 5) is 8.08. The molecule has 0 saturated carbocycles. The Morgan fingerprint density at radius 2 is 2.12 bits per heavy atom. The zero-order chi connectivity index (χ0) is 12.0. The van der Waals surface area contributed by atoms with E-state index < -0.39 is 5.60 Å². The smallest absolute Gasteiger partial charge is 0.131 e. The summed E-state index contributed by atoms with van der Waals surface area (Å²) in [6, 6.07) is 1.80. The van der Waals surface area contributed by atoms with E-state index in [1.807, 2.05) is 6.26 Å². The maximum absolute atomic E-state index is 9.96. The van der Waals surface area contributed by atoms with E-state index in [0.717, 1.165) is 5.82 Å². The first-order valence-electron chi connectivity index (χ1n) is 5.02. The van der Waals surface area contributed by atoms with Crippen LogP contribution in [-0.2, 0) is 0 Å². The Morgan fingerprint density at radius 3 is 2.75 bits per heavy atom. The van der Waals surface area contributed by atoms with Crippen LogP contribution in [-0.4, -0.2) is 46.3 Å². The van der Waals surface area contributed by atoms with Crippen LogP contribution >= 0.6 is 11.8 Å². The van der Waals surface area contributed by atoms with Crippen LogP contribution in [0.1, 0.15) is 6.92 Å². The lowest BCUT2D eigenvalue weighted by Crippen LogP contribution is -2.36. The number of aromatic nitrogens is 2. The molecule has 0 fully saturated rings. The molecule has 1 rings (SSSR count). The van der Waals surface area contributed by atoms with Gasteiger partial charge in [-0.3, -0.25) is 0 Å². The monoisotopic (exact) mass is 242 g/mol. The van der Waals surface area contributed by atoms with Gasteiger partial charge in [0, 0.05) is 25.4 Å². The van der Waals surface area contributed by atoms with Crippen molar-refractivity contribution in [1.29, 1.82) is 0 Å². The Hall–Kier alpha value is -1.01. The second kappa shape index (κ2) is 5.91. The van der Waals surface area contributed by atoms with Crippen LogP contribution in [0.5, 0.6) is 0 Å². The molecule has 0 aromatic carbocycles. The van der Waals surface area contributed by atoms with Gasteiger partial charge >= 0.3 is 0 Å². The van der Waals surface area contributed by atoms with Crippen LogP contribution in [0.3, 0.4) is 0 Å². The van der Waals surface area contributed by atoms with Crippen molar-refractivity contribution in [3.05, 3.63) is 12.4 Å². The average Bonchev–Trinajstić information content (AvgIpc) is 2.27. The van der Waals surface area contributed by atoms with Gasteiger partial charge in [0.05, 0.1) is 5.60 Å². The standard InChI is InChI=1S/C10H18N4OS/c1-10(15,6-16-3)5-12-9-4-8(11-2)13-7-14-9/h4,7,15H,5-6H2,1-3H3,(H2,11,12,13,14). The molecule has 1 aromatic heterocycles. The first-order valence-corrected chi connectivity index (χ1v) is 6.42. The molecule has 0 saturated heterocycles. The number of anilines is 2. The Balaban J connectivity index is 2.53. The van der Waals surface area contributed by atoms with Gasteiger partial charge in [0.1, 0.15) is 18.0 Å². The van der Waals surface area contributed by atoms with Gasteiger partial charge in [-0.15, -0.1) is 0 Å². The first kappa shape index (κ1) is 13.1. The van der Waals surface area contributed by atoms with Crippen molar-refractivity contribution in [2.24, 2.45) is 0 Å². The number of aliphatic hydroxyl groups is 1. The molecular weight excluding hydrogens is 224 g/mol. The largest absolute Gasteiger partial charge is 0.387 e. The van der Waals surface area contributed by atoms with Crippen molar-refractivity contribution in [2.75, 3.05) is 36.2 Å². The van der Waals surface area contributed by atoms with Crippen LogP contribution in [0.2, 0.25) is 0 Å². The van der Waals surface area contributed by atoms with E-state index in [1.54, 1.807) is 31.8 Å². The number of hydrogen-bond acceptors (Lipinski definition) is 6. The molecule has 0 aliphatic carbocycles. The Morgan fingerprint density at radius 1 is 1.44 bits per heavy atom. The fourth-order valence-corrected chi connectivity index (χ4v) is 1.96. The third-order valence-electron chi connectivity index (χ3n) is 2.03. The van der Waals surface area contributed by atoms with Crippen LogP contribution in [0.25, 0.3) is 0 Å². The van der Waals surface area contributed by atoms with Gasteiger partial charge in [0.2, 0.25) is 0 Å². The third-order valence-corrected chi connectivity index (χ3v) is 2.94. The molecule has 0 bridgehead atoms. The molecule has 0 amide bonds. The molecular formula is C10H18N4OS. The molecule has 3 N–H and O–H groups in total. The maximum Gasteiger partial charge on any atom is 0.131 e. The topological polar surface area (TPSA) is 70.1 Å². The molecule has 90 valence electrons. The van der Waals surface area contributed by atoms with Crippen LogP contribution < -0.4 is 10.6 Å². The Bertz CT molecular complexity index is 332. The minimum absolute atomic E-state index is 0.466. The zero-order valence-corrected chi connectivity index (χ0v) is 10.6. The minimum atomic E-state index is -0.732. The summed E-state index contributed by atoms with van der Waals surface area (Å²) in [5, 5.41) is 16.0. The highest BCUT2D eigenvalue weighted by Gasteiger charge is 2.19. The van der Waals surface area contributed by atoms with Crippen molar-refractivity contribution in [2.45, 2.75) is 12.5 Å². The molecule has 6 heteroatoms. The summed E-state index contributed by atoms with van der Waals surface area (Å²) in [6.45, 7) is 2.27.